The van der Waals surface area contributed by atoms with Gasteiger partial charge in [0.1, 0.15) is 0 Å². The number of hydrogen-bond donors (Lipinski definition) is 2. The Labute approximate surface area is 125 Å². The van der Waals surface area contributed by atoms with Crippen LogP contribution >= 0.6 is 0 Å². The van der Waals surface area contributed by atoms with Crippen molar-refractivity contribution in [2.75, 3.05) is 43.1 Å². The number of carbonyl (C=O) groups is 1. The molecule has 2 fully saturated rings. The molecule has 1 atom stereocenters. The van der Waals surface area contributed by atoms with Crippen LogP contribution in [0.1, 0.15) is 19.8 Å². The standard InChI is InChI=1S/C16H23N3O2/c1-16(7-2-8-17-16)15(20)18-13-3-5-14(6-4-13)19-9-11-21-12-10-19/h3-6,17H,2,7-12H2,1H3,(H,18,20)/t16-/m0/s1. The molecule has 0 bridgehead atoms. The highest BCUT2D eigenvalue weighted by atomic mass is 16.5. The van der Waals surface area contributed by atoms with E-state index in [0.717, 1.165) is 51.4 Å². The summed E-state index contributed by atoms with van der Waals surface area (Å²) in [7, 11) is 0. The summed E-state index contributed by atoms with van der Waals surface area (Å²) < 4.78 is 5.36. The first-order valence-electron chi connectivity index (χ1n) is 7.67. The van der Waals surface area contributed by atoms with Gasteiger partial charge in [0.05, 0.1) is 18.8 Å². The third kappa shape index (κ3) is 3.19. The van der Waals surface area contributed by atoms with Crippen LogP contribution in [0.25, 0.3) is 0 Å². The maximum absolute atomic E-state index is 12.3. The van der Waals surface area contributed by atoms with Gasteiger partial charge in [-0.05, 0) is 50.6 Å². The number of anilines is 2. The van der Waals surface area contributed by atoms with Gasteiger partial charge >= 0.3 is 0 Å². The van der Waals surface area contributed by atoms with Crippen molar-refractivity contribution < 1.29 is 9.53 Å². The van der Waals surface area contributed by atoms with E-state index in [1.165, 1.54) is 5.69 Å². The second-order valence-corrected chi connectivity index (χ2v) is 5.96. The van der Waals surface area contributed by atoms with E-state index in [1.807, 2.05) is 19.1 Å². The summed E-state index contributed by atoms with van der Waals surface area (Å²) in [6.45, 7) is 6.30. The van der Waals surface area contributed by atoms with Gasteiger partial charge < -0.3 is 20.3 Å². The number of morpholine rings is 1. The van der Waals surface area contributed by atoms with Crippen LogP contribution in [0.4, 0.5) is 11.4 Å². The fourth-order valence-electron chi connectivity index (χ4n) is 2.93. The normalized spacial score (nSPS) is 25.9. The van der Waals surface area contributed by atoms with Crippen LogP contribution in [-0.2, 0) is 9.53 Å². The molecule has 21 heavy (non-hydrogen) atoms. The Balaban J connectivity index is 1.62. The molecule has 2 heterocycles. The largest absolute Gasteiger partial charge is 0.378 e. The SMILES string of the molecule is C[C@@]1(C(=O)Nc2ccc(N3CCOCC3)cc2)CCCN1. The molecule has 3 rings (SSSR count). The third-order valence-corrected chi connectivity index (χ3v) is 4.37. The molecule has 2 saturated heterocycles. The lowest BCUT2D eigenvalue weighted by Crippen LogP contribution is -2.47. The first-order chi connectivity index (χ1) is 10.2. The first kappa shape index (κ1) is 14.4. The number of benzene rings is 1. The van der Waals surface area contributed by atoms with E-state index in [4.69, 9.17) is 4.74 Å². The Morgan fingerprint density at radius 1 is 1.29 bits per heavy atom. The maximum atomic E-state index is 12.3. The van der Waals surface area contributed by atoms with Crippen molar-refractivity contribution in [2.24, 2.45) is 0 Å². The molecule has 0 aliphatic carbocycles. The van der Waals surface area contributed by atoms with Crippen molar-refractivity contribution in [3.63, 3.8) is 0 Å². The average molecular weight is 289 g/mol. The topological polar surface area (TPSA) is 53.6 Å². The summed E-state index contributed by atoms with van der Waals surface area (Å²) >= 11 is 0. The molecule has 1 aromatic carbocycles. The zero-order valence-electron chi connectivity index (χ0n) is 12.5. The smallest absolute Gasteiger partial charge is 0.244 e. The molecule has 5 nitrogen and oxygen atoms in total. The summed E-state index contributed by atoms with van der Waals surface area (Å²) in [4.78, 5) is 14.6. The fraction of sp³-hybridized carbons (Fsp3) is 0.562. The summed E-state index contributed by atoms with van der Waals surface area (Å²) in [5.74, 6) is 0.0547. The lowest BCUT2D eigenvalue weighted by atomic mass is 9.99. The number of amides is 1. The first-order valence-corrected chi connectivity index (χ1v) is 7.67. The number of ether oxygens (including phenoxy) is 1. The lowest BCUT2D eigenvalue weighted by molar-refractivity contribution is -0.121. The molecule has 2 aliphatic rings. The number of carbonyl (C=O) groups excluding carboxylic acids is 1. The van der Waals surface area contributed by atoms with Crippen LogP contribution in [0.5, 0.6) is 0 Å². The molecule has 2 aliphatic heterocycles. The van der Waals surface area contributed by atoms with Crippen LogP contribution < -0.4 is 15.5 Å². The zero-order valence-corrected chi connectivity index (χ0v) is 12.5. The molecule has 0 radical (unpaired) electrons. The minimum Gasteiger partial charge on any atom is -0.378 e. The highest BCUT2D eigenvalue weighted by Gasteiger charge is 2.35. The summed E-state index contributed by atoms with van der Waals surface area (Å²) in [5, 5.41) is 6.29. The van der Waals surface area contributed by atoms with E-state index in [9.17, 15) is 4.79 Å². The van der Waals surface area contributed by atoms with Gasteiger partial charge in [0.25, 0.3) is 0 Å². The quantitative estimate of drug-likeness (QED) is 0.887. The Hall–Kier alpha value is -1.59. The van der Waals surface area contributed by atoms with Gasteiger partial charge in [-0.3, -0.25) is 4.79 Å². The van der Waals surface area contributed by atoms with Gasteiger partial charge in [0.15, 0.2) is 0 Å². The molecule has 0 aromatic heterocycles. The fourth-order valence-corrected chi connectivity index (χ4v) is 2.93. The molecule has 5 heteroatoms. The van der Waals surface area contributed by atoms with Gasteiger partial charge in [-0.2, -0.15) is 0 Å². The average Bonchev–Trinajstić information content (AvgIpc) is 2.97. The number of hydrogen-bond acceptors (Lipinski definition) is 4. The molecule has 0 spiro atoms. The van der Waals surface area contributed by atoms with E-state index in [-0.39, 0.29) is 5.91 Å². The Bertz CT molecular complexity index is 489. The van der Waals surface area contributed by atoms with Gasteiger partial charge in [-0.15, -0.1) is 0 Å². The summed E-state index contributed by atoms with van der Waals surface area (Å²) in [6, 6.07) is 8.07. The summed E-state index contributed by atoms with van der Waals surface area (Å²) in [5.41, 5.74) is 1.61. The Morgan fingerprint density at radius 3 is 2.62 bits per heavy atom. The molecule has 114 valence electrons. The van der Waals surface area contributed by atoms with E-state index < -0.39 is 5.54 Å². The van der Waals surface area contributed by atoms with Gasteiger partial charge in [-0.25, -0.2) is 0 Å². The van der Waals surface area contributed by atoms with Crippen molar-refractivity contribution >= 4 is 17.3 Å². The highest BCUT2D eigenvalue weighted by molar-refractivity contribution is 5.98. The van der Waals surface area contributed by atoms with Crippen molar-refractivity contribution in [3.05, 3.63) is 24.3 Å². The van der Waals surface area contributed by atoms with Crippen LogP contribution in [0.15, 0.2) is 24.3 Å². The number of rotatable bonds is 3. The third-order valence-electron chi connectivity index (χ3n) is 4.37. The number of nitrogens with one attached hydrogen (secondary N) is 2. The van der Waals surface area contributed by atoms with Gasteiger partial charge in [-0.1, -0.05) is 0 Å². The molecule has 0 unspecified atom stereocenters. The zero-order chi connectivity index (χ0) is 14.7. The van der Waals surface area contributed by atoms with Crippen molar-refractivity contribution in [1.82, 2.24) is 5.32 Å². The molecule has 1 amide bonds. The number of nitrogens with zero attached hydrogens (tertiary/aromatic N) is 1. The van der Waals surface area contributed by atoms with Crippen molar-refractivity contribution in [1.29, 1.82) is 0 Å². The highest BCUT2D eigenvalue weighted by Crippen LogP contribution is 2.23. The Morgan fingerprint density at radius 2 is 2.00 bits per heavy atom. The van der Waals surface area contributed by atoms with Crippen LogP contribution in [0.3, 0.4) is 0 Å². The second-order valence-electron chi connectivity index (χ2n) is 5.96. The minimum atomic E-state index is -0.428. The molecular formula is C16H23N3O2. The van der Waals surface area contributed by atoms with Gasteiger partial charge in [0, 0.05) is 24.5 Å². The molecule has 2 N–H and O–H groups in total. The van der Waals surface area contributed by atoms with E-state index in [0.29, 0.717) is 0 Å². The predicted molar refractivity (Wildman–Crippen MR) is 83.7 cm³/mol. The van der Waals surface area contributed by atoms with Gasteiger partial charge in [0.2, 0.25) is 5.91 Å². The van der Waals surface area contributed by atoms with Crippen molar-refractivity contribution in [2.45, 2.75) is 25.3 Å². The molecule has 1 aromatic rings. The molecular weight excluding hydrogens is 266 g/mol. The monoisotopic (exact) mass is 289 g/mol. The van der Waals surface area contributed by atoms with Crippen molar-refractivity contribution in [3.8, 4) is 0 Å². The van der Waals surface area contributed by atoms with Crippen LogP contribution in [0.2, 0.25) is 0 Å². The van der Waals surface area contributed by atoms with Crippen LogP contribution in [0, 0.1) is 0 Å². The minimum absolute atomic E-state index is 0.0547. The molecule has 0 saturated carbocycles. The lowest BCUT2D eigenvalue weighted by Gasteiger charge is -2.29. The Kier molecular flexibility index (Phi) is 4.12. The van der Waals surface area contributed by atoms with E-state index >= 15 is 0 Å². The second kappa shape index (κ2) is 6.03. The summed E-state index contributed by atoms with van der Waals surface area (Å²) in [6.07, 6.45) is 1.95. The van der Waals surface area contributed by atoms with E-state index in [1.54, 1.807) is 0 Å². The van der Waals surface area contributed by atoms with Crippen LogP contribution in [-0.4, -0.2) is 44.3 Å². The maximum Gasteiger partial charge on any atom is 0.244 e. The van der Waals surface area contributed by atoms with E-state index in [2.05, 4.69) is 27.7 Å². The predicted octanol–water partition coefficient (Wildman–Crippen LogP) is 1.60.